The molecule has 0 atom stereocenters. The van der Waals surface area contributed by atoms with Crippen LogP contribution in [0, 0.1) is 11.3 Å². The Bertz CT molecular complexity index is 946. The number of carbonyl (C=O) groups is 2. The molecular formula is C27H36N4O2. The first kappa shape index (κ1) is 23.4. The molecule has 0 N–H and O–H groups in total. The quantitative estimate of drug-likeness (QED) is 0.659. The molecule has 0 unspecified atom stereocenters. The molecule has 0 bridgehead atoms. The average molecular weight is 449 g/mol. The van der Waals surface area contributed by atoms with Gasteiger partial charge in [-0.15, -0.1) is 0 Å². The third-order valence-electron chi connectivity index (χ3n) is 7.48. The van der Waals surface area contributed by atoms with Gasteiger partial charge in [0.15, 0.2) is 0 Å². The van der Waals surface area contributed by atoms with Gasteiger partial charge in [0.25, 0.3) is 0 Å². The zero-order valence-corrected chi connectivity index (χ0v) is 20.0. The van der Waals surface area contributed by atoms with E-state index in [1.807, 2.05) is 37.5 Å². The van der Waals surface area contributed by atoms with Gasteiger partial charge in [-0.1, -0.05) is 43.5 Å². The van der Waals surface area contributed by atoms with Crippen molar-refractivity contribution in [2.45, 2.75) is 57.8 Å². The Hall–Kier alpha value is -2.76. The predicted octanol–water partition coefficient (Wildman–Crippen LogP) is 4.35. The summed E-state index contributed by atoms with van der Waals surface area (Å²) in [6.07, 6.45) is 14.1. The van der Waals surface area contributed by atoms with Gasteiger partial charge in [0.05, 0.1) is 5.41 Å². The van der Waals surface area contributed by atoms with Crippen LogP contribution in [0.15, 0.2) is 43.0 Å². The van der Waals surface area contributed by atoms with Gasteiger partial charge in [0, 0.05) is 51.6 Å². The molecule has 1 aliphatic heterocycles. The number of likely N-dealkylation sites (tertiary alicyclic amines) is 1. The number of hydrogen-bond donors (Lipinski definition) is 0. The van der Waals surface area contributed by atoms with Crippen molar-refractivity contribution in [1.82, 2.24) is 19.8 Å². The van der Waals surface area contributed by atoms with Gasteiger partial charge in [0.1, 0.15) is 6.33 Å². The minimum Gasteiger partial charge on any atom is -0.348 e. The second-order valence-electron chi connectivity index (χ2n) is 10.1. The summed E-state index contributed by atoms with van der Waals surface area (Å²) >= 11 is 0. The van der Waals surface area contributed by atoms with E-state index in [4.69, 9.17) is 0 Å². The molecule has 1 saturated carbocycles. The average Bonchev–Trinajstić information content (AvgIpc) is 2.85. The van der Waals surface area contributed by atoms with Crippen LogP contribution in [0.1, 0.15) is 56.9 Å². The number of nitrogens with zero attached hydrogens (tertiary/aromatic N) is 4. The molecule has 6 nitrogen and oxygen atoms in total. The summed E-state index contributed by atoms with van der Waals surface area (Å²) < 4.78 is 0. The lowest BCUT2D eigenvalue weighted by molar-refractivity contribution is -0.146. The molecule has 1 saturated heterocycles. The van der Waals surface area contributed by atoms with Crippen LogP contribution in [-0.2, 0) is 16.0 Å². The fraction of sp³-hybridized carbons (Fsp3) is 0.556. The minimum atomic E-state index is -0.475. The summed E-state index contributed by atoms with van der Waals surface area (Å²) in [5.41, 5.74) is 2.68. The number of benzene rings is 1. The van der Waals surface area contributed by atoms with Gasteiger partial charge in [-0.25, -0.2) is 9.97 Å². The molecule has 1 aromatic carbocycles. The molecule has 2 aliphatic rings. The van der Waals surface area contributed by atoms with E-state index in [9.17, 15) is 9.59 Å². The molecule has 33 heavy (non-hydrogen) atoms. The lowest BCUT2D eigenvalue weighted by atomic mass is 9.72. The molecule has 2 heterocycles. The second kappa shape index (κ2) is 10.4. The first-order valence-electron chi connectivity index (χ1n) is 12.3. The van der Waals surface area contributed by atoms with Crippen LogP contribution in [0.5, 0.6) is 0 Å². The first-order chi connectivity index (χ1) is 16.0. The molecule has 1 aliphatic carbocycles. The summed E-state index contributed by atoms with van der Waals surface area (Å²) in [4.78, 5) is 38.3. The number of amides is 2. The highest BCUT2D eigenvalue weighted by Gasteiger charge is 2.43. The second-order valence-corrected chi connectivity index (χ2v) is 10.1. The third-order valence-corrected chi connectivity index (χ3v) is 7.48. The molecule has 2 fully saturated rings. The fourth-order valence-corrected chi connectivity index (χ4v) is 5.59. The van der Waals surface area contributed by atoms with Crippen molar-refractivity contribution in [1.29, 1.82) is 0 Å². The van der Waals surface area contributed by atoms with E-state index in [0.29, 0.717) is 44.7 Å². The van der Waals surface area contributed by atoms with E-state index < -0.39 is 5.41 Å². The van der Waals surface area contributed by atoms with Crippen LogP contribution in [-0.4, -0.2) is 58.8 Å². The zero-order valence-electron chi connectivity index (χ0n) is 20.0. The normalized spacial score (nSPS) is 18.7. The maximum atomic E-state index is 13.4. The van der Waals surface area contributed by atoms with Crippen molar-refractivity contribution in [3.05, 3.63) is 48.5 Å². The van der Waals surface area contributed by atoms with Crippen molar-refractivity contribution < 1.29 is 9.59 Å². The van der Waals surface area contributed by atoms with Crippen molar-refractivity contribution in [2.75, 3.05) is 27.2 Å². The molecular weight excluding hydrogens is 412 g/mol. The van der Waals surface area contributed by atoms with E-state index >= 15 is 0 Å². The maximum Gasteiger partial charge on any atom is 0.228 e. The molecule has 4 rings (SSSR count). The maximum absolute atomic E-state index is 13.4. The van der Waals surface area contributed by atoms with E-state index in [-0.39, 0.29) is 11.8 Å². The number of carbonyl (C=O) groups excluding carboxylic acids is 2. The first-order valence-corrected chi connectivity index (χ1v) is 12.3. The van der Waals surface area contributed by atoms with Gasteiger partial charge in [-0.2, -0.15) is 0 Å². The molecule has 176 valence electrons. The molecule has 0 spiro atoms. The van der Waals surface area contributed by atoms with E-state index in [0.717, 1.165) is 16.7 Å². The Kier molecular flexibility index (Phi) is 7.41. The lowest BCUT2D eigenvalue weighted by Crippen LogP contribution is -2.51. The molecule has 1 aromatic heterocycles. The van der Waals surface area contributed by atoms with E-state index in [2.05, 4.69) is 28.2 Å². The number of rotatable bonds is 6. The number of hydrogen-bond acceptors (Lipinski definition) is 4. The van der Waals surface area contributed by atoms with Crippen molar-refractivity contribution in [3.63, 3.8) is 0 Å². The van der Waals surface area contributed by atoms with Gasteiger partial charge in [-0.05, 0) is 49.1 Å². The van der Waals surface area contributed by atoms with Crippen LogP contribution in [0.25, 0.3) is 11.1 Å². The highest BCUT2D eigenvalue weighted by molar-refractivity contribution is 5.83. The largest absolute Gasteiger partial charge is 0.348 e. The molecule has 0 radical (unpaired) electrons. The van der Waals surface area contributed by atoms with Crippen LogP contribution >= 0.6 is 0 Å². The summed E-state index contributed by atoms with van der Waals surface area (Å²) in [7, 11) is 3.67. The summed E-state index contributed by atoms with van der Waals surface area (Å²) in [5, 5.41) is 0. The SMILES string of the molecule is CN(C)C(=O)C1(Cc2cccc(-c3cncnc3)c2)CCN(C(=O)CC2CCCCC2)CC1. The number of aromatic nitrogens is 2. The standard InChI is InChI=1S/C27H36N4O2/c1-30(2)26(33)27(17-22-9-6-10-23(15-22)24-18-28-20-29-19-24)11-13-31(14-12-27)25(32)16-21-7-4-3-5-8-21/h6,9-10,15,18-21H,3-5,7-8,11-14,16-17H2,1-2H3. The van der Waals surface area contributed by atoms with E-state index in [1.165, 1.54) is 38.4 Å². The molecule has 2 aromatic rings. The van der Waals surface area contributed by atoms with Crippen LogP contribution in [0.4, 0.5) is 0 Å². The van der Waals surface area contributed by atoms with Gasteiger partial charge < -0.3 is 9.80 Å². The highest BCUT2D eigenvalue weighted by atomic mass is 16.2. The van der Waals surface area contributed by atoms with Crippen LogP contribution in [0.3, 0.4) is 0 Å². The van der Waals surface area contributed by atoms with Gasteiger partial charge in [-0.3, -0.25) is 9.59 Å². The zero-order chi connectivity index (χ0) is 23.3. The topological polar surface area (TPSA) is 66.4 Å². The van der Waals surface area contributed by atoms with Gasteiger partial charge in [0.2, 0.25) is 11.8 Å². The van der Waals surface area contributed by atoms with Crippen molar-refractivity contribution in [3.8, 4) is 11.1 Å². The molecule has 2 amide bonds. The van der Waals surface area contributed by atoms with Gasteiger partial charge >= 0.3 is 0 Å². The molecule has 6 heteroatoms. The van der Waals surface area contributed by atoms with E-state index in [1.54, 1.807) is 4.90 Å². The summed E-state index contributed by atoms with van der Waals surface area (Å²) in [6.45, 7) is 1.33. The smallest absolute Gasteiger partial charge is 0.228 e. The lowest BCUT2D eigenvalue weighted by Gasteiger charge is -2.42. The Morgan fingerprint density at radius 2 is 1.73 bits per heavy atom. The Morgan fingerprint density at radius 3 is 2.39 bits per heavy atom. The number of piperidine rings is 1. The van der Waals surface area contributed by atoms with Crippen molar-refractivity contribution >= 4 is 11.8 Å². The monoisotopic (exact) mass is 448 g/mol. The Balaban J connectivity index is 1.47. The summed E-state index contributed by atoms with van der Waals surface area (Å²) in [6, 6.07) is 8.33. The fourth-order valence-electron chi connectivity index (χ4n) is 5.59. The highest BCUT2D eigenvalue weighted by Crippen LogP contribution is 2.38. The minimum absolute atomic E-state index is 0.162. The third kappa shape index (κ3) is 5.60. The Morgan fingerprint density at radius 1 is 1.03 bits per heavy atom. The van der Waals surface area contributed by atoms with Crippen LogP contribution in [0.2, 0.25) is 0 Å². The predicted molar refractivity (Wildman–Crippen MR) is 129 cm³/mol. The summed E-state index contributed by atoms with van der Waals surface area (Å²) in [5.74, 6) is 0.986. The van der Waals surface area contributed by atoms with Crippen molar-refractivity contribution in [2.24, 2.45) is 11.3 Å². The van der Waals surface area contributed by atoms with Crippen LogP contribution < -0.4 is 0 Å². The Labute approximate surface area is 197 Å².